The summed E-state index contributed by atoms with van der Waals surface area (Å²) in [5.74, 6) is -0.792. The van der Waals surface area contributed by atoms with Gasteiger partial charge in [0, 0.05) is 11.3 Å². The number of hydrogen-bond donors (Lipinski definition) is 1. The molecular formula is C17H13F6NO. The molecule has 2 aromatic rings. The van der Waals surface area contributed by atoms with E-state index in [1.807, 2.05) is 0 Å². The Labute approximate surface area is 139 Å². The number of amides is 1. The van der Waals surface area contributed by atoms with Gasteiger partial charge in [0.25, 0.3) is 5.91 Å². The number of halogens is 6. The van der Waals surface area contributed by atoms with Gasteiger partial charge in [-0.05, 0) is 44.2 Å². The zero-order valence-corrected chi connectivity index (χ0v) is 13.1. The minimum absolute atomic E-state index is 0.00642. The Kier molecular flexibility index (Phi) is 4.83. The van der Waals surface area contributed by atoms with Crippen LogP contribution >= 0.6 is 0 Å². The Bertz CT molecular complexity index is 755. The van der Waals surface area contributed by atoms with Crippen molar-refractivity contribution in [2.75, 3.05) is 5.32 Å². The maximum atomic E-state index is 12.8. The third kappa shape index (κ3) is 4.74. The minimum atomic E-state index is -4.97. The van der Waals surface area contributed by atoms with Crippen molar-refractivity contribution in [3.05, 3.63) is 64.2 Å². The highest BCUT2D eigenvalue weighted by Gasteiger charge is 2.37. The Morgan fingerprint density at radius 3 is 1.60 bits per heavy atom. The molecule has 0 saturated carbocycles. The number of benzene rings is 2. The smallest absolute Gasteiger partial charge is 0.322 e. The van der Waals surface area contributed by atoms with Crippen molar-refractivity contribution < 1.29 is 31.1 Å². The average Bonchev–Trinajstić information content (AvgIpc) is 2.44. The van der Waals surface area contributed by atoms with Crippen molar-refractivity contribution in [2.45, 2.75) is 26.2 Å². The maximum Gasteiger partial charge on any atom is 0.416 e. The van der Waals surface area contributed by atoms with Crippen molar-refractivity contribution >= 4 is 11.6 Å². The van der Waals surface area contributed by atoms with Crippen LogP contribution in [0.2, 0.25) is 0 Å². The van der Waals surface area contributed by atoms with E-state index in [4.69, 9.17) is 0 Å². The van der Waals surface area contributed by atoms with Gasteiger partial charge in [0.2, 0.25) is 0 Å². The van der Waals surface area contributed by atoms with Gasteiger partial charge >= 0.3 is 12.4 Å². The molecule has 2 rings (SSSR count). The second kappa shape index (κ2) is 6.42. The molecule has 8 heteroatoms. The Morgan fingerprint density at radius 2 is 1.20 bits per heavy atom. The molecule has 134 valence electrons. The zero-order valence-electron chi connectivity index (χ0n) is 13.1. The molecule has 0 spiro atoms. The van der Waals surface area contributed by atoms with Gasteiger partial charge in [-0.2, -0.15) is 26.3 Å². The normalized spacial score (nSPS) is 12.2. The quantitative estimate of drug-likeness (QED) is 0.694. The molecule has 25 heavy (non-hydrogen) atoms. The monoisotopic (exact) mass is 361 g/mol. The first-order valence-corrected chi connectivity index (χ1v) is 7.05. The topological polar surface area (TPSA) is 29.1 Å². The second-order valence-electron chi connectivity index (χ2n) is 5.63. The number of carbonyl (C=O) groups excluding carboxylic acids is 1. The molecule has 0 unspecified atom stereocenters. The highest BCUT2D eigenvalue weighted by Crippen LogP contribution is 2.37. The Morgan fingerprint density at radius 1 is 0.760 bits per heavy atom. The summed E-state index contributed by atoms with van der Waals surface area (Å²) >= 11 is 0. The van der Waals surface area contributed by atoms with Crippen LogP contribution in [0.25, 0.3) is 0 Å². The summed E-state index contributed by atoms with van der Waals surface area (Å²) < 4.78 is 76.9. The van der Waals surface area contributed by atoms with E-state index in [0.717, 1.165) is 11.1 Å². The van der Waals surface area contributed by atoms with Gasteiger partial charge in [-0.25, -0.2) is 0 Å². The highest BCUT2D eigenvalue weighted by atomic mass is 19.4. The van der Waals surface area contributed by atoms with Crippen molar-refractivity contribution in [1.29, 1.82) is 0 Å². The number of aryl methyl sites for hydroxylation is 2. The summed E-state index contributed by atoms with van der Waals surface area (Å²) in [6.45, 7) is 3.44. The van der Waals surface area contributed by atoms with Gasteiger partial charge in [0.1, 0.15) is 0 Å². The molecule has 1 N–H and O–H groups in total. The van der Waals surface area contributed by atoms with E-state index >= 15 is 0 Å². The molecule has 0 aliphatic carbocycles. The van der Waals surface area contributed by atoms with E-state index in [2.05, 4.69) is 5.32 Å². The van der Waals surface area contributed by atoms with E-state index in [1.54, 1.807) is 19.9 Å². The summed E-state index contributed by atoms with van der Waals surface area (Å²) in [7, 11) is 0. The van der Waals surface area contributed by atoms with Crippen molar-refractivity contribution in [1.82, 2.24) is 0 Å². The van der Waals surface area contributed by atoms with E-state index < -0.39 is 35.1 Å². The van der Waals surface area contributed by atoms with Gasteiger partial charge in [0.15, 0.2) is 0 Å². The molecular weight excluding hydrogens is 348 g/mol. The predicted molar refractivity (Wildman–Crippen MR) is 80.3 cm³/mol. The molecule has 1 amide bonds. The van der Waals surface area contributed by atoms with Crippen molar-refractivity contribution in [3.63, 3.8) is 0 Å². The summed E-state index contributed by atoms with van der Waals surface area (Å²) in [6, 6.07) is 5.70. The largest absolute Gasteiger partial charge is 0.416 e. The predicted octanol–water partition coefficient (Wildman–Crippen LogP) is 5.59. The molecule has 0 bridgehead atoms. The Balaban J connectivity index is 2.42. The lowest BCUT2D eigenvalue weighted by atomic mass is 10.1. The first kappa shape index (κ1) is 18.8. The molecule has 0 saturated heterocycles. The zero-order chi connectivity index (χ0) is 19.0. The third-order valence-corrected chi connectivity index (χ3v) is 3.33. The molecule has 0 radical (unpaired) electrons. The van der Waals surface area contributed by atoms with Crippen LogP contribution in [-0.2, 0) is 12.4 Å². The molecule has 2 aromatic carbocycles. The summed E-state index contributed by atoms with van der Waals surface area (Å²) in [5, 5.41) is 2.10. The first-order chi connectivity index (χ1) is 11.4. The number of hydrogen-bond acceptors (Lipinski definition) is 1. The summed E-state index contributed by atoms with van der Waals surface area (Å²) in [4.78, 5) is 12.2. The first-order valence-electron chi connectivity index (χ1n) is 7.05. The number of anilines is 1. The Hall–Kier alpha value is -2.51. The van der Waals surface area contributed by atoms with Crippen LogP contribution in [-0.4, -0.2) is 5.91 Å². The van der Waals surface area contributed by atoms with Crippen LogP contribution in [0.5, 0.6) is 0 Å². The number of rotatable bonds is 2. The van der Waals surface area contributed by atoms with Crippen molar-refractivity contribution in [2.24, 2.45) is 0 Å². The number of alkyl halides is 6. The van der Waals surface area contributed by atoms with Crippen LogP contribution in [0, 0.1) is 13.8 Å². The van der Waals surface area contributed by atoms with Gasteiger partial charge in [-0.15, -0.1) is 0 Å². The number of carbonyl (C=O) groups is 1. The van der Waals surface area contributed by atoms with E-state index in [-0.39, 0.29) is 11.6 Å². The molecule has 0 fully saturated rings. The van der Waals surface area contributed by atoms with Crippen LogP contribution in [0.3, 0.4) is 0 Å². The van der Waals surface area contributed by atoms with Crippen LogP contribution in [0.15, 0.2) is 36.4 Å². The SMILES string of the molecule is Cc1cc(C)cc(C(=O)Nc2cc(C(F)(F)F)cc(C(F)(F)F)c2)c1. The molecule has 0 aromatic heterocycles. The van der Waals surface area contributed by atoms with Gasteiger partial charge < -0.3 is 5.32 Å². The molecule has 0 atom stereocenters. The lowest BCUT2D eigenvalue weighted by Gasteiger charge is -2.15. The fourth-order valence-electron chi connectivity index (χ4n) is 2.34. The summed E-state index contributed by atoms with van der Waals surface area (Å²) in [6.07, 6.45) is -9.94. The highest BCUT2D eigenvalue weighted by molar-refractivity contribution is 6.04. The summed E-state index contributed by atoms with van der Waals surface area (Å²) in [5.41, 5.74) is -1.93. The van der Waals surface area contributed by atoms with Crippen LogP contribution in [0.4, 0.5) is 32.0 Å². The maximum absolute atomic E-state index is 12.8. The molecule has 0 aliphatic heterocycles. The molecule has 0 heterocycles. The standard InChI is InChI=1S/C17H13F6NO/c1-9-3-10(2)5-11(4-9)15(25)24-14-7-12(16(18,19)20)6-13(8-14)17(21,22)23/h3-8H,1-2H3,(H,24,25). The minimum Gasteiger partial charge on any atom is -0.322 e. The average molecular weight is 361 g/mol. The second-order valence-corrected chi connectivity index (χ2v) is 5.63. The molecule has 0 aliphatic rings. The van der Waals surface area contributed by atoms with E-state index in [9.17, 15) is 31.1 Å². The molecule has 2 nitrogen and oxygen atoms in total. The lowest BCUT2D eigenvalue weighted by molar-refractivity contribution is -0.143. The van der Waals surface area contributed by atoms with Crippen molar-refractivity contribution in [3.8, 4) is 0 Å². The van der Waals surface area contributed by atoms with Crippen LogP contribution in [0.1, 0.15) is 32.6 Å². The van der Waals surface area contributed by atoms with Gasteiger partial charge in [-0.3, -0.25) is 4.79 Å². The van der Waals surface area contributed by atoms with E-state index in [1.165, 1.54) is 12.1 Å². The third-order valence-electron chi connectivity index (χ3n) is 3.33. The van der Waals surface area contributed by atoms with E-state index in [0.29, 0.717) is 12.1 Å². The number of nitrogens with one attached hydrogen (secondary N) is 1. The van der Waals surface area contributed by atoms with Gasteiger partial charge in [0.05, 0.1) is 11.1 Å². The lowest BCUT2D eigenvalue weighted by Crippen LogP contribution is -2.16. The fourth-order valence-corrected chi connectivity index (χ4v) is 2.34. The van der Waals surface area contributed by atoms with Gasteiger partial charge in [-0.1, -0.05) is 17.2 Å². The fraction of sp³-hybridized carbons (Fsp3) is 0.235. The van der Waals surface area contributed by atoms with Crippen LogP contribution < -0.4 is 5.32 Å².